The molecule has 6 nitrogen and oxygen atoms in total. The first-order valence-electron chi connectivity index (χ1n) is 9.57. The van der Waals surface area contributed by atoms with Crippen molar-refractivity contribution < 1.29 is 4.39 Å². The Hall–Kier alpha value is -1.68. The first kappa shape index (κ1) is 25.4. The molecule has 0 aliphatic rings. The Kier molecular flexibility index (Phi) is 10.0. The smallest absolute Gasteiger partial charge is 0.193 e. The Bertz CT molecular complexity index is 815. The predicted octanol–water partition coefficient (Wildman–Crippen LogP) is 3.57. The Morgan fingerprint density at radius 2 is 1.90 bits per heavy atom. The second-order valence-corrected chi connectivity index (χ2v) is 7.79. The highest BCUT2D eigenvalue weighted by molar-refractivity contribution is 14.0. The lowest BCUT2D eigenvalue weighted by Gasteiger charge is -2.22. The summed E-state index contributed by atoms with van der Waals surface area (Å²) in [7, 11) is 9.60. The van der Waals surface area contributed by atoms with Gasteiger partial charge in [0.1, 0.15) is 5.82 Å². The number of halogens is 2. The minimum atomic E-state index is -0.170. The molecule has 0 aliphatic heterocycles. The van der Waals surface area contributed by atoms with E-state index >= 15 is 0 Å². The van der Waals surface area contributed by atoms with Crippen molar-refractivity contribution in [1.82, 2.24) is 24.9 Å². The van der Waals surface area contributed by atoms with Crippen molar-refractivity contribution in [3.8, 4) is 0 Å². The normalized spacial score (nSPS) is 11.7. The van der Waals surface area contributed by atoms with Gasteiger partial charge in [0, 0.05) is 58.1 Å². The van der Waals surface area contributed by atoms with Crippen LogP contribution in [0.4, 0.5) is 4.39 Å². The number of aryl methyl sites for hydroxylation is 1. The fourth-order valence-electron chi connectivity index (χ4n) is 3.26. The summed E-state index contributed by atoms with van der Waals surface area (Å²) in [5.74, 6) is 0.989. The maximum atomic E-state index is 14.0. The summed E-state index contributed by atoms with van der Waals surface area (Å²) in [6, 6.07) is 5.26. The second kappa shape index (κ2) is 11.5. The van der Waals surface area contributed by atoms with Crippen LogP contribution in [0.15, 0.2) is 29.4 Å². The Labute approximate surface area is 191 Å². The molecule has 0 amide bonds. The molecule has 0 aliphatic carbocycles. The lowest BCUT2D eigenvalue weighted by molar-refractivity contribution is 0.392. The molecule has 0 saturated carbocycles. The van der Waals surface area contributed by atoms with Crippen LogP contribution in [0.1, 0.15) is 42.1 Å². The summed E-state index contributed by atoms with van der Waals surface area (Å²) in [4.78, 5) is 8.43. The highest BCUT2D eigenvalue weighted by atomic mass is 127. The molecule has 1 N–H and O–H groups in total. The van der Waals surface area contributed by atoms with Crippen LogP contribution in [0, 0.1) is 5.82 Å². The average molecular weight is 516 g/mol. The quantitative estimate of drug-likeness (QED) is 0.348. The largest absolute Gasteiger partial charge is 0.352 e. The maximum absolute atomic E-state index is 14.0. The zero-order valence-corrected chi connectivity index (χ0v) is 20.9. The van der Waals surface area contributed by atoms with Crippen molar-refractivity contribution in [3.63, 3.8) is 0 Å². The fraction of sp³-hybridized carbons (Fsp3) is 0.524. The van der Waals surface area contributed by atoms with Crippen LogP contribution in [-0.2, 0) is 26.7 Å². The zero-order valence-electron chi connectivity index (χ0n) is 18.5. The molecule has 8 heteroatoms. The van der Waals surface area contributed by atoms with Crippen LogP contribution in [0.25, 0.3) is 0 Å². The minimum Gasteiger partial charge on any atom is -0.352 e. The summed E-state index contributed by atoms with van der Waals surface area (Å²) in [5.41, 5.74) is 4.02. The molecule has 1 aromatic heterocycles. The third-order valence-electron chi connectivity index (χ3n) is 4.51. The molecule has 0 radical (unpaired) electrons. The molecule has 0 fully saturated rings. The highest BCUT2D eigenvalue weighted by Crippen LogP contribution is 2.18. The molecule has 0 saturated heterocycles. The van der Waals surface area contributed by atoms with Gasteiger partial charge < -0.3 is 15.1 Å². The van der Waals surface area contributed by atoms with E-state index < -0.39 is 0 Å². The van der Waals surface area contributed by atoms with Crippen LogP contribution in [-0.4, -0.2) is 53.7 Å². The molecule has 1 heterocycles. The van der Waals surface area contributed by atoms with Gasteiger partial charge >= 0.3 is 0 Å². The predicted molar refractivity (Wildman–Crippen MR) is 128 cm³/mol. The standard InChI is InChI=1S/C21H33FN6.HI/c1-15(2)20-18(14-28(7)25-20)13-27(6)21(23-3)24-11-16-8-9-19(22)17(10-16)12-26(4)5;/h8-10,14-15H,11-13H2,1-7H3,(H,23,24);1H. The third-order valence-corrected chi connectivity index (χ3v) is 4.51. The van der Waals surface area contributed by atoms with Gasteiger partial charge in [0.15, 0.2) is 5.96 Å². The lowest BCUT2D eigenvalue weighted by Crippen LogP contribution is -2.38. The Balaban J connectivity index is 0.00000420. The molecule has 0 unspecified atom stereocenters. The van der Waals surface area contributed by atoms with Crippen molar-refractivity contribution in [2.24, 2.45) is 12.0 Å². The van der Waals surface area contributed by atoms with Crippen molar-refractivity contribution >= 4 is 29.9 Å². The monoisotopic (exact) mass is 516 g/mol. The van der Waals surface area contributed by atoms with Gasteiger partial charge in [-0.05, 0) is 37.7 Å². The van der Waals surface area contributed by atoms with Crippen molar-refractivity contribution in [2.75, 3.05) is 28.2 Å². The Morgan fingerprint density at radius 1 is 1.21 bits per heavy atom. The first-order valence-corrected chi connectivity index (χ1v) is 9.57. The number of aliphatic imine (C=N–C) groups is 1. The molecule has 1 aromatic carbocycles. The van der Waals surface area contributed by atoms with E-state index in [1.165, 1.54) is 11.6 Å². The molecule has 2 aromatic rings. The van der Waals surface area contributed by atoms with Gasteiger partial charge in [-0.15, -0.1) is 24.0 Å². The summed E-state index contributed by atoms with van der Waals surface area (Å²) in [5, 5.41) is 7.95. The Morgan fingerprint density at radius 3 is 2.48 bits per heavy atom. The SMILES string of the molecule is CN=C(NCc1ccc(F)c(CN(C)C)c1)N(C)Cc1cn(C)nc1C(C)C.I. The molecular formula is C21H34FIN6. The van der Waals surface area contributed by atoms with Crippen LogP contribution >= 0.6 is 24.0 Å². The van der Waals surface area contributed by atoms with E-state index in [4.69, 9.17) is 0 Å². The van der Waals surface area contributed by atoms with Gasteiger partial charge in [0.2, 0.25) is 0 Å². The third kappa shape index (κ3) is 7.26. The van der Waals surface area contributed by atoms with Gasteiger partial charge in [0.05, 0.1) is 5.69 Å². The first-order chi connectivity index (χ1) is 13.2. The number of nitrogens with zero attached hydrogens (tertiary/aromatic N) is 5. The number of hydrogen-bond donors (Lipinski definition) is 1. The zero-order chi connectivity index (χ0) is 20.8. The number of aromatic nitrogens is 2. The summed E-state index contributed by atoms with van der Waals surface area (Å²) in [6.07, 6.45) is 2.06. The van der Waals surface area contributed by atoms with E-state index in [1.54, 1.807) is 7.05 Å². The van der Waals surface area contributed by atoms with Crippen LogP contribution < -0.4 is 5.32 Å². The average Bonchev–Trinajstić information content (AvgIpc) is 2.98. The van der Waals surface area contributed by atoms with Gasteiger partial charge in [-0.1, -0.05) is 19.9 Å². The molecular weight excluding hydrogens is 482 g/mol. The molecule has 2 rings (SSSR count). The van der Waals surface area contributed by atoms with Crippen molar-refractivity contribution in [1.29, 1.82) is 0 Å². The van der Waals surface area contributed by atoms with Gasteiger partial charge in [-0.2, -0.15) is 5.10 Å². The molecule has 29 heavy (non-hydrogen) atoms. The summed E-state index contributed by atoms with van der Waals surface area (Å²) in [6.45, 7) is 6.18. The van der Waals surface area contributed by atoms with E-state index in [9.17, 15) is 4.39 Å². The summed E-state index contributed by atoms with van der Waals surface area (Å²) >= 11 is 0. The van der Waals surface area contributed by atoms with Gasteiger partial charge in [0.25, 0.3) is 0 Å². The lowest BCUT2D eigenvalue weighted by atomic mass is 10.1. The summed E-state index contributed by atoms with van der Waals surface area (Å²) < 4.78 is 15.8. The highest BCUT2D eigenvalue weighted by Gasteiger charge is 2.15. The van der Waals surface area contributed by atoms with Crippen LogP contribution in [0.3, 0.4) is 0 Å². The second-order valence-electron chi connectivity index (χ2n) is 7.79. The molecule has 0 atom stereocenters. The molecule has 0 bridgehead atoms. The van der Waals surface area contributed by atoms with E-state index in [0.717, 1.165) is 23.8 Å². The van der Waals surface area contributed by atoms with E-state index in [1.807, 2.05) is 49.9 Å². The van der Waals surface area contributed by atoms with Crippen LogP contribution in [0.2, 0.25) is 0 Å². The fourth-order valence-corrected chi connectivity index (χ4v) is 3.26. The minimum absolute atomic E-state index is 0. The van der Waals surface area contributed by atoms with Gasteiger partial charge in [-0.25, -0.2) is 4.39 Å². The van der Waals surface area contributed by atoms with Crippen molar-refractivity contribution in [2.45, 2.75) is 39.4 Å². The topological polar surface area (TPSA) is 48.7 Å². The number of benzene rings is 1. The number of guanidine groups is 1. The van der Waals surface area contributed by atoms with Crippen molar-refractivity contribution in [3.05, 3.63) is 52.6 Å². The van der Waals surface area contributed by atoms with Gasteiger partial charge in [-0.3, -0.25) is 9.67 Å². The molecule has 0 spiro atoms. The molecule has 162 valence electrons. The van der Waals surface area contributed by atoms with Crippen LogP contribution in [0.5, 0.6) is 0 Å². The van der Waals surface area contributed by atoms with E-state index in [0.29, 0.717) is 24.6 Å². The maximum Gasteiger partial charge on any atom is 0.193 e. The van der Waals surface area contributed by atoms with E-state index in [-0.39, 0.29) is 29.8 Å². The van der Waals surface area contributed by atoms with E-state index in [2.05, 4.69) is 40.4 Å². The number of rotatable bonds is 7. The number of nitrogens with one attached hydrogen (secondary N) is 1. The number of hydrogen-bond acceptors (Lipinski definition) is 3.